The Morgan fingerprint density at radius 1 is 0.269 bits per heavy atom. The molecule has 0 aliphatic heterocycles. The molecule has 0 bridgehead atoms. The highest BCUT2D eigenvalue weighted by molar-refractivity contribution is 7.47. The van der Waals surface area contributed by atoms with Crippen LogP contribution in [0.1, 0.15) is 441 Å². The zero-order chi connectivity index (χ0) is 76.7. The van der Waals surface area contributed by atoms with Crippen LogP contribution in [0.3, 0.4) is 0 Å². The molecule has 7 atom stereocenters. The average molecular weight is 1520 g/mol. The van der Waals surface area contributed by atoms with Crippen molar-refractivity contribution in [2.45, 2.75) is 459 Å². The van der Waals surface area contributed by atoms with Gasteiger partial charge in [-0.1, -0.05) is 389 Å². The van der Waals surface area contributed by atoms with Crippen LogP contribution in [0.5, 0.6) is 0 Å². The number of hydrogen-bond acceptors (Lipinski definition) is 15. The Morgan fingerprint density at radius 2 is 0.462 bits per heavy atom. The molecular weight excluding hydrogens is 1350 g/mol. The number of rotatable bonds is 82. The standard InChI is InChI=1S/C85H166O17P2/c1-9-77(7)63-55-47-39-33-35-42-50-58-66-83(88)96-72-81(102-85(90)68-60-52-44-36-34-40-48-56-64-78(8)10-2)74-100-104(93,94)98-70-79(86)69-97-103(91,92)99-73-80(71-95-82(87)65-57-49-41-31-27-23-19-16-15-18-22-26-30-38-46-54-62-76(5)6)101-84(89)67-59-51-43-32-28-24-20-14-12-11-13-17-21-25-29-37-45-53-61-75(3)4/h75-81,86H,9-74H2,1-8H3,(H,91,92)(H,93,94)/t77?,78?,79-,80-,81-/m1/s1. The number of ether oxygens (including phenoxy) is 4. The van der Waals surface area contributed by atoms with E-state index in [4.69, 9.17) is 37.0 Å². The second-order valence-electron chi connectivity index (χ2n) is 32.0. The van der Waals surface area contributed by atoms with Crippen LogP contribution in [-0.2, 0) is 65.4 Å². The Hall–Kier alpha value is -1.94. The van der Waals surface area contributed by atoms with Gasteiger partial charge < -0.3 is 33.8 Å². The monoisotopic (exact) mass is 1520 g/mol. The number of aliphatic hydroxyl groups excluding tert-OH is 1. The predicted molar refractivity (Wildman–Crippen MR) is 428 cm³/mol. The lowest BCUT2D eigenvalue weighted by Crippen LogP contribution is -2.30. The van der Waals surface area contributed by atoms with Gasteiger partial charge in [-0.05, 0) is 49.4 Å². The van der Waals surface area contributed by atoms with E-state index in [-0.39, 0.29) is 25.7 Å². The first-order valence-corrected chi connectivity index (χ1v) is 46.8. The van der Waals surface area contributed by atoms with Crippen LogP contribution in [0.2, 0.25) is 0 Å². The molecular formula is C85H166O17P2. The maximum absolute atomic E-state index is 13.1. The first-order valence-electron chi connectivity index (χ1n) is 43.8. The second-order valence-corrected chi connectivity index (χ2v) is 34.9. The molecule has 0 saturated heterocycles. The third-order valence-corrected chi connectivity index (χ3v) is 22.4. The maximum Gasteiger partial charge on any atom is 0.472 e. The molecule has 104 heavy (non-hydrogen) atoms. The average Bonchev–Trinajstić information content (AvgIpc) is 0.905. The van der Waals surface area contributed by atoms with Crippen LogP contribution in [-0.4, -0.2) is 96.7 Å². The van der Waals surface area contributed by atoms with Crippen molar-refractivity contribution >= 4 is 39.5 Å². The normalized spacial score (nSPS) is 14.5. The summed E-state index contributed by atoms with van der Waals surface area (Å²) < 4.78 is 68.8. The molecule has 0 aromatic carbocycles. The van der Waals surface area contributed by atoms with Crippen molar-refractivity contribution in [1.29, 1.82) is 0 Å². The lowest BCUT2D eigenvalue weighted by Gasteiger charge is -2.21. The van der Waals surface area contributed by atoms with E-state index in [1.165, 1.54) is 244 Å². The Kier molecular flexibility index (Phi) is 72.5. The molecule has 0 aromatic heterocycles. The summed E-state index contributed by atoms with van der Waals surface area (Å²) in [6.07, 6.45) is 62.4. The van der Waals surface area contributed by atoms with E-state index in [0.717, 1.165) is 114 Å². The summed E-state index contributed by atoms with van der Waals surface area (Å²) in [6.45, 7) is 14.3. The van der Waals surface area contributed by atoms with Gasteiger partial charge in [0.15, 0.2) is 12.2 Å². The largest absolute Gasteiger partial charge is 0.472 e. The fourth-order valence-corrected chi connectivity index (χ4v) is 14.7. The molecule has 0 saturated carbocycles. The quantitative estimate of drug-likeness (QED) is 0.0222. The van der Waals surface area contributed by atoms with Crippen LogP contribution in [0.25, 0.3) is 0 Å². The summed E-state index contributed by atoms with van der Waals surface area (Å²) in [5.74, 6) is 1.07. The highest BCUT2D eigenvalue weighted by atomic mass is 31.2. The van der Waals surface area contributed by atoms with Crippen LogP contribution < -0.4 is 0 Å². The van der Waals surface area contributed by atoms with Crippen molar-refractivity contribution in [3.8, 4) is 0 Å². The molecule has 4 unspecified atom stereocenters. The van der Waals surface area contributed by atoms with E-state index >= 15 is 0 Å². The number of phosphoric acid groups is 2. The van der Waals surface area contributed by atoms with E-state index in [1.54, 1.807) is 0 Å². The number of carbonyl (C=O) groups excluding carboxylic acids is 4. The van der Waals surface area contributed by atoms with Gasteiger partial charge in [0, 0.05) is 25.7 Å². The Labute approximate surface area is 638 Å². The summed E-state index contributed by atoms with van der Waals surface area (Å²) in [5, 5.41) is 10.7. The number of phosphoric ester groups is 2. The van der Waals surface area contributed by atoms with Crippen molar-refractivity contribution in [1.82, 2.24) is 0 Å². The van der Waals surface area contributed by atoms with E-state index in [0.29, 0.717) is 25.7 Å². The molecule has 0 heterocycles. The fourth-order valence-electron chi connectivity index (χ4n) is 13.1. The van der Waals surface area contributed by atoms with Crippen LogP contribution in [0.15, 0.2) is 0 Å². The number of aliphatic hydroxyl groups is 1. The topological polar surface area (TPSA) is 237 Å². The molecule has 0 aromatic rings. The van der Waals surface area contributed by atoms with Gasteiger partial charge in [0.05, 0.1) is 26.4 Å². The molecule has 0 spiro atoms. The highest BCUT2D eigenvalue weighted by Crippen LogP contribution is 2.45. The Morgan fingerprint density at radius 3 is 0.683 bits per heavy atom. The van der Waals surface area contributed by atoms with Gasteiger partial charge in [0.1, 0.15) is 19.3 Å². The van der Waals surface area contributed by atoms with Gasteiger partial charge in [-0.2, -0.15) is 0 Å². The summed E-state index contributed by atoms with van der Waals surface area (Å²) in [4.78, 5) is 73.2. The smallest absolute Gasteiger partial charge is 0.462 e. The third kappa shape index (κ3) is 75.5. The maximum atomic E-state index is 13.1. The SMILES string of the molecule is CCC(C)CCCCCCCCCCC(=O)OC[C@H](COP(=O)(O)OC[C@H](O)COP(=O)(O)OC[C@@H](COC(=O)CCCCCCCCCCCCCCCCCCC(C)C)OC(=O)CCCCCCCCCCCCCCCCCCCCC(C)C)OC(=O)CCCCCCCCCCC(C)CC. The van der Waals surface area contributed by atoms with Gasteiger partial charge in [-0.15, -0.1) is 0 Å². The van der Waals surface area contributed by atoms with Gasteiger partial charge >= 0.3 is 39.5 Å². The third-order valence-electron chi connectivity index (χ3n) is 20.5. The van der Waals surface area contributed by atoms with Gasteiger partial charge in [-0.25, -0.2) is 9.13 Å². The van der Waals surface area contributed by atoms with Crippen LogP contribution in [0, 0.1) is 23.7 Å². The number of esters is 4. The molecule has 0 amide bonds. The van der Waals surface area contributed by atoms with Crippen LogP contribution >= 0.6 is 15.6 Å². The first kappa shape index (κ1) is 102. The van der Waals surface area contributed by atoms with Crippen molar-refractivity contribution in [3.05, 3.63) is 0 Å². The van der Waals surface area contributed by atoms with Crippen molar-refractivity contribution < 1.29 is 80.2 Å². The summed E-state index contributed by atoms with van der Waals surface area (Å²) in [7, 11) is -9.93. The van der Waals surface area contributed by atoms with E-state index in [1.807, 2.05) is 0 Å². The number of carbonyl (C=O) groups is 4. The molecule has 17 nitrogen and oxygen atoms in total. The molecule has 19 heteroatoms. The Balaban J connectivity index is 5.24. The molecule has 0 radical (unpaired) electrons. The lowest BCUT2D eigenvalue weighted by molar-refractivity contribution is -0.161. The zero-order valence-electron chi connectivity index (χ0n) is 68.7. The van der Waals surface area contributed by atoms with E-state index < -0.39 is 97.5 Å². The summed E-state index contributed by atoms with van der Waals surface area (Å²) >= 11 is 0. The Bertz CT molecular complexity index is 2030. The lowest BCUT2D eigenvalue weighted by atomic mass is 9.99. The minimum atomic E-state index is -4.97. The zero-order valence-corrected chi connectivity index (χ0v) is 70.5. The predicted octanol–water partition coefficient (Wildman–Crippen LogP) is 25.6. The summed E-state index contributed by atoms with van der Waals surface area (Å²) in [6, 6.07) is 0. The van der Waals surface area contributed by atoms with Gasteiger partial charge in [0.25, 0.3) is 0 Å². The van der Waals surface area contributed by atoms with Crippen LogP contribution in [0.4, 0.5) is 0 Å². The minimum absolute atomic E-state index is 0.104. The van der Waals surface area contributed by atoms with E-state index in [9.17, 15) is 43.2 Å². The summed E-state index contributed by atoms with van der Waals surface area (Å²) in [5.41, 5.74) is 0. The van der Waals surface area contributed by atoms with E-state index in [2.05, 4.69) is 55.4 Å². The van der Waals surface area contributed by atoms with Crippen molar-refractivity contribution in [2.24, 2.45) is 23.7 Å². The molecule has 0 aliphatic rings. The highest BCUT2D eigenvalue weighted by Gasteiger charge is 2.30. The molecule has 0 rings (SSSR count). The number of unbranched alkanes of at least 4 members (excludes halogenated alkanes) is 46. The molecule has 3 N–H and O–H groups in total. The molecule has 0 fully saturated rings. The van der Waals surface area contributed by atoms with Gasteiger partial charge in [0.2, 0.25) is 0 Å². The first-order chi connectivity index (χ1) is 50.2. The van der Waals surface area contributed by atoms with Crippen molar-refractivity contribution in [2.75, 3.05) is 39.6 Å². The van der Waals surface area contributed by atoms with Gasteiger partial charge in [-0.3, -0.25) is 37.3 Å². The molecule has 618 valence electrons. The fraction of sp³-hybridized carbons (Fsp3) is 0.953. The molecule has 0 aliphatic carbocycles. The minimum Gasteiger partial charge on any atom is -0.462 e. The second kappa shape index (κ2) is 73.8. The number of hydrogen-bond donors (Lipinski definition) is 3. The van der Waals surface area contributed by atoms with Crippen molar-refractivity contribution in [3.63, 3.8) is 0 Å².